The zero-order valence-electron chi connectivity index (χ0n) is 31.9. The number of phosphoric acid groups is 2. The summed E-state index contributed by atoms with van der Waals surface area (Å²) >= 11 is 0. The molecule has 1 aliphatic heterocycles. The van der Waals surface area contributed by atoms with Crippen LogP contribution in [0, 0.1) is 6.92 Å². The average Bonchev–Trinajstić information content (AvgIpc) is 3.63. The SMILES string of the molecule is Cc1cn([C@H]2C[C@H](N=[N+]=[N-])[C@@H](COP(=O)([O-])OP(=O)(OCc3ccc(OC(=O)c4ccccc4)cc3)OCc3ccc(OC(=O)c4ccccc4)cc3)O2)c(=O)[nH]c1=O.[NH4+]. The number of hydrogen-bond donors (Lipinski definition) is 2. The van der Waals surface area contributed by atoms with E-state index in [9.17, 15) is 33.2 Å². The molecule has 6 rings (SSSR count). The molecular weight excluding hydrogens is 826 g/mol. The zero-order chi connectivity index (χ0) is 42.0. The summed E-state index contributed by atoms with van der Waals surface area (Å²) < 4.78 is 65.6. The predicted octanol–water partition coefficient (Wildman–Crippen LogP) is 6.67. The van der Waals surface area contributed by atoms with Gasteiger partial charge in [-0.25, -0.2) is 23.3 Å². The molecule has 1 aromatic heterocycles. The van der Waals surface area contributed by atoms with Crippen LogP contribution < -0.4 is 31.8 Å². The summed E-state index contributed by atoms with van der Waals surface area (Å²) in [5.41, 5.74) is 9.22. The van der Waals surface area contributed by atoms with E-state index in [1.54, 1.807) is 60.7 Å². The maximum Gasteiger partial charge on any atom is 0.481 e. The fourth-order valence-corrected chi connectivity index (χ4v) is 8.08. The van der Waals surface area contributed by atoms with Crippen LogP contribution in [-0.4, -0.2) is 40.2 Å². The van der Waals surface area contributed by atoms with Crippen LogP contribution in [0.2, 0.25) is 0 Å². The van der Waals surface area contributed by atoms with Crippen molar-refractivity contribution in [3.63, 3.8) is 0 Å². The van der Waals surface area contributed by atoms with Crippen molar-refractivity contribution < 1.29 is 55.7 Å². The lowest BCUT2D eigenvalue weighted by atomic mass is 10.1. The Morgan fingerprint density at radius 1 is 0.833 bits per heavy atom. The van der Waals surface area contributed by atoms with Gasteiger partial charge in [0.15, 0.2) is 0 Å². The average molecular weight is 865 g/mol. The number of nitrogens with one attached hydrogen (secondary N) is 1. The van der Waals surface area contributed by atoms with Crippen molar-refractivity contribution in [1.29, 1.82) is 0 Å². The van der Waals surface area contributed by atoms with Crippen LogP contribution in [0.1, 0.15) is 50.1 Å². The van der Waals surface area contributed by atoms with Crippen molar-refractivity contribution in [1.82, 2.24) is 15.7 Å². The van der Waals surface area contributed by atoms with Gasteiger partial charge < -0.3 is 29.8 Å². The molecule has 5 aromatic rings. The molecule has 22 heteroatoms. The van der Waals surface area contributed by atoms with E-state index in [0.29, 0.717) is 22.3 Å². The molecule has 0 aliphatic carbocycles. The first-order valence-electron chi connectivity index (χ1n) is 17.6. The van der Waals surface area contributed by atoms with E-state index < -0.39 is 77.0 Å². The molecule has 0 spiro atoms. The number of azide groups is 1. The van der Waals surface area contributed by atoms with E-state index in [0.717, 1.165) is 4.57 Å². The number of esters is 2. The smallest absolute Gasteiger partial charge is 0.481 e. The minimum atomic E-state index is -5.59. The number of aromatic nitrogens is 2. The number of carbonyl (C=O) groups excluding carboxylic acids is 2. The van der Waals surface area contributed by atoms with Crippen molar-refractivity contribution in [3.8, 4) is 11.5 Å². The van der Waals surface area contributed by atoms with Crippen LogP contribution in [0.5, 0.6) is 11.5 Å². The van der Waals surface area contributed by atoms with Crippen LogP contribution in [0.25, 0.3) is 10.4 Å². The molecule has 0 saturated carbocycles. The topological polar surface area (TPSA) is 296 Å². The van der Waals surface area contributed by atoms with E-state index in [1.807, 2.05) is 0 Å². The summed E-state index contributed by atoms with van der Waals surface area (Å²) in [5, 5.41) is 3.62. The number of aromatic amines is 1. The lowest BCUT2D eigenvalue weighted by Gasteiger charge is -2.28. The molecule has 4 atom stereocenters. The maximum absolute atomic E-state index is 14.0. The van der Waals surface area contributed by atoms with Crippen LogP contribution in [-0.2, 0) is 45.0 Å². The summed E-state index contributed by atoms with van der Waals surface area (Å²) in [6.07, 6.45) is -1.17. The Labute approximate surface area is 341 Å². The van der Waals surface area contributed by atoms with Crippen molar-refractivity contribution in [3.05, 3.63) is 174 Å². The van der Waals surface area contributed by atoms with E-state index in [-0.39, 0.29) is 29.6 Å². The van der Waals surface area contributed by atoms with Gasteiger partial charge in [0, 0.05) is 23.1 Å². The van der Waals surface area contributed by atoms with Crippen molar-refractivity contribution >= 4 is 27.6 Å². The lowest BCUT2D eigenvalue weighted by Crippen LogP contribution is -2.33. The number of benzene rings is 4. The highest BCUT2D eigenvalue weighted by atomic mass is 31.3. The molecule has 1 saturated heterocycles. The Bertz CT molecular complexity index is 2430. The molecular formula is C38H38N6O14P2. The third-order valence-electron chi connectivity index (χ3n) is 8.52. The lowest BCUT2D eigenvalue weighted by molar-refractivity contribution is -0.221. The van der Waals surface area contributed by atoms with Crippen LogP contribution >= 0.6 is 15.6 Å². The summed E-state index contributed by atoms with van der Waals surface area (Å²) in [4.78, 5) is 67.3. The van der Waals surface area contributed by atoms with Gasteiger partial charge in [-0.2, -0.15) is 0 Å². The predicted molar refractivity (Wildman–Crippen MR) is 211 cm³/mol. The highest BCUT2D eigenvalue weighted by Crippen LogP contribution is 2.62. The first kappa shape index (κ1) is 45.1. The van der Waals surface area contributed by atoms with Gasteiger partial charge in [-0.05, 0) is 72.1 Å². The fourth-order valence-electron chi connectivity index (χ4n) is 5.51. The number of nitrogens with zero attached hydrogens (tertiary/aromatic N) is 4. The highest BCUT2D eigenvalue weighted by molar-refractivity contribution is 7.61. The molecule has 5 N–H and O–H groups in total. The largest absolute Gasteiger partial charge is 0.756 e. The summed E-state index contributed by atoms with van der Waals surface area (Å²) in [5.74, 6) is -0.826. The Balaban J connectivity index is 0.00000683. The second kappa shape index (κ2) is 20.3. The third-order valence-corrected chi connectivity index (χ3v) is 11.5. The second-order valence-electron chi connectivity index (χ2n) is 12.7. The molecule has 20 nitrogen and oxygen atoms in total. The molecule has 0 amide bonds. The maximum atomic E-state index is 14.0. The number of H-pyrrole nitrogens is 1. The summed E-state index contributed by atoms with van der Waals surface area (Å²) in [7, 11) is -10.6. The molecule has 1 aliphatic rings. The standard InChI is InChI=1S/C38H35N5O14P2.H3N/c1-25-21-43(38(47)40-35(25)44)34-20-32(41-42-39)33(56-34)24-51-58(48,49)57-59(50,52-22-26-12-16-30(17-13-26)54-36(45)28-8-4-2-5-9-28)53-23-27-14-18-31(19-15-27)55-37(46)29-10-6-3-7-11-29;/h2-19,21,32-34H,20,22-24H2,1H3,(H,48,49)(H,40,44,47);1H3/t32-,33+,34+;/m0./s1. The van der Waals surface area contributed by atoms with Gasteiger partial charge in [-0.3, -0.25) is 28.0 Å². The molecule has 2 heterocycles. The minimum absolute atomic E-state index is 0. The molecule has 1 fully saturated rings. The number of ether oxygens (including phenoxy) is 3. The number of carbonyl (C=O) groups is 2. The quantitative estimate of drug-likeness (QED) is 0.0246. The van der Waals surface area contributed by atoms with Gasteiger partial charge in [-0.15, -0.1) is 0 Å². The van der Waals surface area contributed by atoms with Crippen molar-refractivity contribution in [2.24, 2.45) is 5.11 Å². The van der Waals surface area contributed by atoms with E-state index >= 15 is 0 Å². The van der Waals surface area contributed by atoms with Crippen molar-refractivity contribution in [2.45, 2.75) is 44.9 Å². The number of hydrogen-bond acceptors (Lipinski definition) is 15. The van der Waals surface area contributed by atoms with E-state index in [4.69, 9.17) is 37.6 Å². The van der Waals surface area contributed by atoms with Gasteiger partial charge in [0.25, 0.3) is 13.4 Å². The number of aryl methyl sites for hydroxylation is 1. The molecule has 60 heavy (non-hydrogen) atoms. The number of rotatable bonds is 17. The summed E-state index contributed by atoms with van der Waals surface area (Å²) in [6, 6.07) is 27.2. The first-order valence-corrected chi connectivity index (χ1v) is 20.5. The number of quaternary nitrogens is 1. The van der Waals surface area contributed by atoms with E-state index in [2.05, 4.69) is 15.0 Å². The Hall–Kier alpha value is -6.01. The monoisotopic (exact) mass is 864 g/mol. The summed E-state index contributed by atoms with van der Waals surface area (Å²) in [6.45, 7) is -0.388. The molecule has 0 bridgehead atoms. The van der Waals surface area contributed by atoms with Crippen LogP contribution in [0.15, 0.2) is 130 Å². The van der Waals surface area contributed by atoms with Gasteiger partial charge in [0.1, 0.15) is 17.7 Å². The van der Waals surface area contributed by atoms with Crippen LogP contribution in [0.3, 0.4) is 0 Å². The molecule has 4 aromatic carbocycles. The molecule has 1 unspecified atom stereocenters. The fraction of sp³-hybridized carbons (Fsp3) is 0.211. The molecule has 0 radical (unpaired) electrons. The minimum Gasteiger partial charge on any atom is -0.756 e. The van der Waals surface area contributed by atoms with E-state index in [1.165, 1.54) is 61.7 Å². The zero-order valence-corrected chi connectivity index (χ0v) is 33.7. The first-order chi connectivity index (χ1) is 28.3. The molecule has 314 valence electrons. The normalized spacial score (nSPS) is 17.1. The second-order valence-corrected chi connectivity index (χ2v) is 16.0. The van der Waals surface area contributed by atoms with Crippen LogP contribution in [0.4, 0.5) is 0 Å². The third kappa shape index (κ3) is 12.3. The highest BCUT2D eigenvalue weighted by Gasteiger charge is 2.39. The number of phosphoric ester groups is 2. The Morgan fingerprint density at radius 2 is 1.33 bits per heavy atom. The Kier molecular flexibility index (Phi) is 15.3. The van der Waals surface area contributed by atoms with Crippen molar-refractivity contribution in [2.75, 3.05) is 6.61 Å². The van der Waals surface area contributed by atoms with Gasteiger partial charge in [0.2, 0.25) is 0 Å². The van der Waals surface area contributed by atoms with Gasteiger partial charge in [0.05, 0.1) is 43.1 Å². The van der Waals surface area contributed by atoms with Gasteiger partial charge in [-0.1, -0.05) is 65.8 Å². The Morgan fingerprint density at radius 3 is 1.82 bits per heavy atom. The van der Waals surface area contributed by atoms with Gasteiger partial charge >= 0.3 is 25.5 Å².